The minimum Gasteiger partial charge on any atom is -0.497 e. The van der Waals surface area contributed by atoms with Crippen molar-refractivity contribution in [2.45, 2.75) is 30.2 Å². The number of nitrogens with one attached hydrogen (secondary N) is 1. The third kappa shape index (κ3) is 3.87. The smallest absolute Gasteiger partial charge is 0.325 e. The molecule has 4 amide bonds. The van der Waals surface area contributed by atoms with Gasteiger partial charge in [-0.05, 0) is 49.9 Å². The van der Waals surface area contributed by atoms with E-state index in [1.807, 2.05) is 0 Å². The van der Waals surface area contributed by atoms with Crippen LogP contribution in [0.1, 0.15) is 19.8 Å². The van der Waals surface area contributed by atoms with E-state index in [2.05, 4.69) is 5.32 Å². The zero-order chi connectivity index (χ0) is 22.4. The van der Waals surface area contributed by atoms with Gasteiger partial charge >= 0.3 is 6.03 Å². The molecule has 0 radical (unpaired) electrons. The van der Waals surface area contributed by atoms with E-state index in [1.54, 1.807) is 19.1 Å². The van der Waals surface area contributed by atoms with E-state index < -0.39 is 21.6 Å². The molecular weight excluding hydrogens is 424 g/mol. The molecular formula is C20H26N4O6S. The number of benzene rings is 1. The van der Waals surface area contributed by atoms with E-state index in [9.17, 15) is 22.8 Å². The van der Waals surface area contributed by atoms with Crippen LogP contribution >= 0.6 is 0 Å². The minimum atomic E-state index is -3.68. The Labute approximate surface area is 181 Å². The summed E-state index contributed by atoms with van der Waals surface area (Å²) >= 11 is 0. The molecule has 3 fully saturated rings. The van der Waals surface area contributed by atoms with E-state index in [0.717, 1.165) is 17.7 Å². The largest absolute Gasteiger partial charge is 0.497 e. The summed E-state index contributed by atoms with van der Waals surface area (Å²) in [6.45, 7) is 2.03. The highest BCUT2D eigenvalue weighted by Crippen LogP contribution is 2.42. The van der Waals surface area contributed by atoms with Crippen LogP contribution in [0, 0.1) is 5.92 Å². The van der Waals surface area contributed by atoms with Gasteiger partial charge in [0.1, 0.15) is 17.8 Å². The van der Waals surface area contributed by atoms with Gasteiger partial charge in [-0.2, -0.15) is 4.31 Å². The van der Waals surface area contributed by atoms with E-state index >= 15 is 0 Å². The molecule has 1 aromatic carbocycles. The van der Waals surface area contributed by atoms with Crippen LogP contribution in [0.25, 0.3) is 0 Å². The molecule has 1 N–H and O–H groups in total. The lowest BCUT2D eigenvalue weighted by Crippen LogP contribution is -2.53. The molecule has 168 valence electrons. The highest BCUT2D eigenvalue weighted by Gasteiger charge is 2.56. The third-order valence-corrected chi connectivity index (χ3v) is 8.19. The summed E-state index contributed by atoms with van der Waals surface area (Å²) in [7, 11) is -2.18. The van der Waals surface area contributed by atoms with Crippen LogP contribution in [-0.2, 0) is 19.6 Å². The van der Waals surface area contributed by atoms with Gasteiger partial charge in [-0.3, -0.25) is 14.5 Å². The summed E-state index contributed by atoms with van der Waals surface area (Å²) in [5.41, 5.74) is -0.928. The number of sulfonamides is 1. The van der Waals surface area contributed by atoms with Crippen LogP contribution < -0.4 is 10.1 Å². The summed E-state index contributed by atoms with van der Waals surface area (Å²) in [5.74, 6) is -0.0532. The standard InChI is InChI=1S/C20H26N4O6S/c1-20(14-3-4-14)18(26)24(19(27)21-20)13-17(25)22-9-11-23(12-10-22)31(28,29)16-7-5-15(30-2)6-8-16/h5-8,14H,3-4,9-13H2,1-2H3,(H,21,27). The molecule has 31 heavy (non-hydrogen) atoms. The molecule has 11 heteroatoms. The first-order valence-corrected chi connectivity index (χ1v) is 11.7. The topological polar surface area (TPSA) is 116 Å². The average molecular weight is 451 g/mol. The van der Waals surface area contributed by atoms with Crippen molar-refractivity contribution in [3.05, 3.63) is 24.3 Å². The van der Waals surface area contributed by atoms with E-state index in [-0.39, 0.29) is 55.4 Å². The van der Waals surface area contributed by atoms with Crippen molar-refractivity contribution in [3.63, 3.8) is 0 Å². The second kappa shape index (κ2) is 7.79. The molecule has 2 aliphatic heterocycles. The van der Waals surface area contributed by atoms with Gasteiger partial charge in [-0.1, -0.05) is 0 Å². The van der Waals surface area contributed by atoms with Gasteiger partial charge in [0.05, 0.1) is 12.0 Å². The fourth-order valence-corrected chi connectivity index (χ4v) is 5.53. The molecule has 1 aliphatic carbocycles. The number of amides is 4. The number of carbonyl (C=O) groups excluding carboxylic acids is 3. The van der Waals surface area contributed by atoms with Crippen LogP contribution in [0.3, 0.4) is 0 Å². The SMILES string of the molecule is COc1ccc(S(=O)(=O)N2CCN(C(=O)CN3C(=O)NC(C)(C4CC4)C3=O)CC2)cc1. The molecule has 0 bridgehead atoms. The van der Waals surface area contributed by atoms with Gasteiger partial charge in [0, 0.05) is 26.2 Å². The summed E-state index contributed by atoms with van der Waals surface area (Å²) in [6.07, 6.45) is 1.77. The first-order valence-electron chi connectivity index (χ1n) is 10.2. The number of piperazine rings is 1. The Hall–Kier alpha value is -2.66. The van der Waals surface area contributed by atoms with Crippen LogP contribution in [0.5, 0.6) is 5.75 Å². The van der Waals surface area contributed by atoms with Crippen LogP contribution in [0.15, 0.2) is 29.2 Å². The molecule has 1 aromatic rings. The number of hydrogen-bond donors (Lipinski definition) is 1. The van der Waals surface area contributed by atoms with Gasteiger partial charge in [-0.25, -0.2) is 13.2 Å². The number of hydrogen-bond acceptors (Lipinski definition) is 6. The second-order valence-corrected chi connectivity index (χ2v) is 10.2. The Kier molecular flexibility index (Phi) is 5.42. The Bertz CT molecular complexity index is 999. The minimum absolute atomic E-state index is 0.121. The van der Waals surface area contributed by atoms with Crippen molar-refractivity contribution in [2.75, 3.05) is 39.8 Å². The fraction of sp³-hybridized carbons (Fsp3) is 0.550. The van der Waals surface area contributed by atoms with E-state index in [1.165, 1.54) is 28.4 Å². The van der Waals surface area contributed by atoms with Crippen LogP contribution in [-0.4, -0.2) is 85.7 Å². The molecule has 2 saturated heterocycles. The third-order valence-electron chi connectivity index (χ3n) is 6.28. The number of rotatable bonds is 6. The molecule has 10 nitrogen and oxygen atoms in total. The molecule has 0 spiro atoms. The summed E-state index contributed by atoms with van der Waals surface area (Å²) in [5, 5.41) is 2.72. The fourth-order valence-electron chi connectivity index (χ4n) is 4.11. The molecule has 3 aliphatic rings. The molecule has 0 aromatic heterocycles. The molecule has 2 heterocycles. The van der Waals surface area contributed by atoms with Crippen molar-refractivity contribution in [1.29, 1.82) is 0 Å². The lowest BCUT2D eigenvalue weighted by molar-refractivity contribution is -0.139. The Balaban J connectivity index is 1.35. The first-order chi connectivity index (χ1) is 14.7. The van der Waals surface area contributed by atoms with Crippen LogP contribution in [0.4, 0.5) is 4.79 Å². The van der Waals surface area contributed by atoms with Crippen molar-refractivity contribution in [2.24, 2.45) is 5.92 Å². The summed E-state index contributed by atoms with van der Waals surface area (Å²) in [6, 6.07) is 5.59. The van der Waals surface area contributed by atoms with Crippen molar-refractivity contribution in [3.8, 4) is 5.75 Å². The Morgan fingerprint density at radius 1 is 1.13 bits per heavy atom. The Morgan fingerprint density at radius 2 is 1.74 bits per heavy atom. The molecule has 1 unspecified atom stereocenters. The number of ether oxygens (including phenoxy) is 1. The zero-order valence-electron chi connectivity index (χ0n) is 17.5. The molecule has 1 atom stereocenters. The van der Waals surface area contributed by atoms with Gasteiger partial charge in [0.25, 0.3) is 5.91 Å². The Morgan fingerprint density at radius 3 is 2.29 bits per heavy atom. The first kappa shape index (κ1) is 21.6. The summed E-state index contributed by atoms with van der Waals surface area (Å²) < 4.78 is 32.1. The number of nitrogens with zero attached hydrogens (tertiary/aromatic N) is 3. The second-order valence-electron chi connectivity index (χ2n) is 8.26. The average Bonchev–Trinajstić information content (AvgIpc) is 3.60. The van der Waals surface area contributed by atoms with Crippen molar-refractivity contribution in [1.82, 2.24) is 19.4 Å². The van der Waals surface area contributed by atoms with E-state index in [0.29, 0.717) is 5.75 Å². The van der Waals surface area contributed by atoms with Crippen molar-refractivity contribution < 1.29 is 27.5 Å². The highest BCUT2D eigenvalue weighted by atomic mass is 32.2. The number of urea groups is 1. The predicted molar refractivity (Wildman–Crippen MR) is 110 cm³/mol. The van der Waals surface area contributed by atoms with Gasteiger partial charge in [-0.15, -0.1) is 0 Å². The number of carbonyl (C=O) groups is 3. The molecule has 4 rings (SSSR count). The van der Waals surface area contributed by atoms with E-state index in [4.69, 9.17) is 4.74 Å². The number of imide groups is 1. The highest BCUT2D eigenvalue weighted by molar-refractivity contribution is 7.89. The maximum absolute atomic E-state index is 12.8. The lowest BCUT2D eigenvalue weighted by Gasteiger charge is -2.34. The van der Waals surface area contributed by atoms with Gasteiger partial charge in [0.2, 0.25) is 15.9 Å². The maximum atomic E-state index is 12.8. The maximum Gasteiger partial charge on any atom is 0.325 e. The number of methoxy groups -OCH3 is 1. The monoisotopic (exact) mass is 450 g/mol. The quantitative estimate of drug-likeness (QED) is 0.621. The normalized spacial score (nSPS) is 25.0. The summed E-state index contributed by atoms with van der Waals surface area (Å²) in [4.78, 5) is 40.3. The predicted octanol–water partition coefficient (Wildman–Crippen LogP) is 0.249. The van der Waals surface area contributed by atoms with Gasteiger partial charge < -0.3 is 15.0 Å². The van der Waals surface area contributed by atoms with Gasteiger partial charge in [0.15, 0.2) is 0 Å². The molecule has 1 saturated carbocycles. The zero-order valence-corrected chi connectivity index (χ0v) is 18.4. The van der Waals surface area contributed by atoms with Crippen LogP contribution in [0.2, 0.25) is 0 Å². The van der Waals surface area contributed by atoms with Crippen molar-refractivity contribution >= 4 is 27.9 Å². The lowest BCUT2D eigenvalue weighted by atomic mass is 9.96.